The van der Waals surface area contributed by atoms with Crippen LogP contribution in [0.3, 0.4) is 0 Å². The first kappa shape index (κ1) is 9.16. The van der Waals surface area contributed by atoms with Crippen LogP contribution in [0, 0.1) is 5.82 Å². The second-order valence-corrected chi connectivity index (χ2v) is 3.26. The second kappa shape index (κ2) is 3.39. The number of fused-ring (bicyclic) bond motifs is 1. The van der Waals surface area contributed by atoms with Gasteiger partial charge in [0.15, 0.2) is 0 Å². The van der Waals surface area contributed by atoms with Gasteiger partial charge < -0.3 is 0 Å². The highest BCUT2D eigenvalue weighted by atomic mass is 35.5. The minimum atomic E-state index is -0.765. The maximum atomic E-state index is 13.3. The van der Waals surface area contributed by atoms with Crippen LogP contribution in [0.15, 0.2) is 36.4 Å². The van der Waals surface area contributed by atoms with Crippen molar-refractivity contribution in [2.45, 2.75) is 0 Å². The molecule has 0 amide bonds. The quantitative estimate of drug-likeness (QED) is 0.657. The Bertz CT molecular complexity index is 508. The Labute approximate surface area is 85.1 Å². The second-order valence-electron chi connectivity index (χ2n) is 2.92. The van der Waals surface area contributed by atoms with E-state index in [0.717, 1.165) is 5.39 Å². The Morgan fingerprint density at radius 3 is 2.57 bits per heavy atom. The molecule has 3 heteroatoms. The van der Waals surface area contributed by atoms with Crippen molar-refractivity contribution in [1.82, 2.24) is 0 Å². The molecule has 2 rings (SSSR count). The van der Waals surface area contributed by atoms with Crippen LogP contribution >= 0.6 is 11.6 Å². The number of carbonyl (C=O) groups is 1. The molecule has 0 spiro atoms. The third-order valence-electron chi connectivity index (χ3n) is 2.07. The van der Waals surface area contributed by atoms with Crippen molar-refractivity contribution < 1.29 is 9.18 Å². The van der Waals surface area contributed by atoms with Gasteiger partial charge in [0.25, 0.3) is 5.24 Å². The number of benzene rings is 2. The van der Waals surface area contributed by atoms with Crippen molar-refractivity contribution in [3.05, 3.63) is 47.8 Å². The zero-order valence-corrected chi connectivity index (χ0v) is 7.88. The van der Waals surface area contributed by atoms with E-state index in [0.29, 0.717) is 5.39 Å². The molecular weight excluding hydrogens is 203 g/mol. The molecule has 0 aliphatic rings. The van der Waals surface area contributed by atoms with Gasteiger partial charge in [0.2, 0.25) is 0 Å². The summed E-state index contributed by atoms with van der Waals surface area (Å²) < 4.78 is 13.3. The lowest BCUT2D eigenvalue weighted by atomic mass is 10.1. The normalized spacial score (nSPS) is 10.4. The molecule has 0 N–H and O–H groups in total. The van der Waals surface area contributed by atoms with Gasteiger partial charge in [0.1, 0.15) is 5.82 Å². The van der Waals surface area contributed by atoms with Crippen molar-refractivity contribution in [3.63, 3.8) is 0 Å². The molecule has 2 aromatic carbocycles. The highest BCUT2D eigenvalue weighted by Gasteiger charge is 2.12. The molecule has 0 saturated carbocycles. The summed E-state index contributed by atoms with van der Waals surface area (Å²) in [5.41, 5.74) is -0.0511. The molecule has 0 saturated heterocycles. The zero-order chi connectivity index (χ0) is 10.1. The Kier molecular flexibility index (Phi) is 2.22. The van der Waals surface area contributed by atoms with E-state index in [-0.39, 0.29) is 5.56 Å². The van der Waals surface area contributed by atoms with Crippen molar-refractivity contribution >= 4 is 27.6 Å². The fourth-order valence-electron chi connectivity index (χ4n) is 1.44. The monoisotopic (exact) mass is 208 g/mol. The molecule has 0 fully saturated rings. The lowest BCUT2D eigenvalue weighted by molar-refractivity contribution is 0.107. The standard InChI is InChI=1S/C11H6ClFO/c12-11(14)10-8-4-2-1-3-7(8)5-6-9(10)13/h1-6H. The summed E-state index contributed by atoms with van der Waals surface area (Å²) in [6, 6.07) is 9.91. The molecule has 0 unspecified atom stereocenters. The summed E-state index contributed by atoms with van der Waals surface area (Å²) in [6.45, 7) is 0. The van der Waals surface area contributed by atoms with E-state index < -0.39 is 11.1 Å². The van der Waals surface area contributed by atoms with E-state index in [9.17, 15) is 9.18 Å². The Balaban J connectivity index is 2.90. The molecule has 70 valence electrons. The molecule has 2 aromatic rings. The first-order valence-corrected chi connectivity index (χ1v) is 4.45. The van der Waals surface area contributed by atoms with Gasteiger partial charge in [-0.15, -0.1) is 0 Å². The Hall–Kier alpha value is -1.41. The van der Waals surface area contributed by atoms with Gasteiger partial charge in [-0.05, 0) is 28.4 Å². The SMILES string of the molecule is O=C(Cl)c1c(F)ccc2ccccc12. The summed E-state index contributed by atoms with van der Waals surface area (Å²) in [7, 11) is 0. The Morgan fingerprint density at radius 2 is 1.86 bits per heavy atom. The van der Waals surface area contributed by atoms with Crippen molar-refractivity contribution in [2.24, 2.45) is 0 Å². The molecular formula is C11H6ClFO. The minimum Gasteiger partial charge on any atom is -0.275 e. The summed E-state index contributed by atoms with van der Waals surface area (Å²) in [5.74, 6) is -0.580. The lowest BCUT2D eigenvalue weighted by Gasteiger charge is -2.02. The predicted octanol–water partition coefficient (Wildman–Crippen LogP) is 3.36. The third-order valence-corrected chi connectivity index (χ3v) is 2.26. The van der Waals surface area contributed by atoms with Crippen molar-refractivity contribution in [3.8, 4) is 0 Å². The van der Waals surface area contributed by atoms with Crippen LogP contribution in [0.25, 0.3) is 10.8 Å². The molecule has 0 atom stereocenters. The molecule has 0 aliphatic carbocycles. The van der Waals surface area contributed by atoms with E-state index in [1.165, 1.54) is 6.07 Å². The highest BCUT2D eigenvalue weighted by Crippen LogP contribution is 2.22. The number of hydrogen-bond acceptors (Lipinski definition) is 1. The fraction of sp³-hybridized carbons (Fsp3) is 0. The van der Waals surface area contributed by atoms with Gasteiger partial charge in [-0.1, -0.05) is 30.3 Å². The van der Waals surface area contributed by atoms with E-state index in [1.54, 1.807) is 24.3 Å². The molecule has 0 heterocycles. The summed E-state index contributed by atoms with van der Waals surface area (Å²) in [4.78, 5) is 11.0. The van der Waals surface area contributed by atoms with Crippen LogP contribution in [-0.2, 0) is 0 Å². The van der Waals surface area contributed by atoms with Crippen molar-refractivity contribution in [2.75, 3.05) is 0 Å². The summed E-state index contributed by atoms with van der Waals surface area (Å²) in [6.07, 6.45) is 0. The van der Waals surface area contributed by atoms with E-state index in [1.807, 2.05) is 6.07 Å². The molecule has 14 heavy (non-hydrogen) atoms. The van der Waals surface area contributed by atoms with Crippen LogP contribution in [-0.4, -0.2) is 5.24 Å². The van der Waals surface area contributed by atoms with Gasteiger partial charge in [0, 0.05) is 0 Å². The maximum absolute atomic E-state index is 13.3. The van der Waals surface area contributed by atoms with Crippen LogP contribution in [0.1, 0.15) is 10.4 Å². The number of rotatable bonds is 1. The van der Waals surface area contributed by atoms with E-state index in [2.05, 4.69) is 0 Å². The maximum Gasteiger partial charge on any atom is 0.255 e. The number of carbonyl (C=O) groups excluding carboxylic acids is 1. The van der Waals surface area contributed by atoms with Gasteiger partial charge >= 0.3 is 0 Å². The largest absolute Gasteiger partial charge is 0.275 e. The molecule has 0 aliphatic heterocycles. The fourth-order valence-corrected chi connectivity index (χ4v) is 1.64. The highest BCUT2D eigenvalue weighted by molar-refractivity contribution is 6.68. The first-order chi connectivity index (χ1) is 6.70. The summed E-state index contributed by atoms with van der Waals surface area (Å²) >= 11 is 5.31. The summed E-state index contributed by atoms with van der Waals surface area (Å²) in [5, 5.41) is 0.588. The van der Waals surface area contributed by atoms with Crippen molar-refractivity contribution in [1.29, 1.82) is 0 Å². The van der Waals surface area contributed by atoms with Crippen LogP contribution in [0.4, 0.5) is 4.39 Å². The predicted molar refractivity (Wildman–Crippen MR) is 54.1 cm³/mol. The lowest BCUT2D eigenvalue weighted by Crippen LogP contribution is -1.95. The number of halogens is 2. The Morgan fingerprint density at radius 1 is 1.14 bits per heavy atom. The van der Waals surface area contributed by atoms with Crippen LogP contribution < -0.4 is 0 Å². The zero-order valence-electron chi connectivity index (χ0n) is 7.13. The smallest absolute Gasteiger partial charge is 0.255 e. The molecule has 1 nitrogen and oxygen atoms in total. The minimum absolute atomic E-state index is 0.0511. The van der Waals surface area contributed by atoms with E-state index >= 15 is 0 Å². The topological polar surface area (TPSA) is 17.1 Å². The van der Waals surface area contributed by atoms with Gasteiger partial charge in [-0.3, -0.25) is 4.79 Å². The van der Waals surface area contributed by atoms with Gasteiger partial charge in [0.05, 0.1) is 5.56 Å². The first-order valence-electron chi connectivity index (χ1n) is 4.07. The average Bonchev–Trinajstić information content (AvgIpc) is 2.17. The number of hydrogen-bond donors (Lipinski definition) is 0. The molecule has 0 aromatic heterocycles. The average molecular weight is 209 g/mol. The van der Waals surface area contributed by atoms with Gasteiger partial charge in [-0.2, -0.15) is 0 Å². The van der Waals surface area contributed by atoms with Crippen LogP contribution in [0.5, 0.6) is 0 Å². The van der Waals surface area contributed by atoms with E-state index in [4.69, 9.17) is 11.6 Å². The van der Waals surface area contributed by atoms with Crippen LogP contribution in [0.2, 0.25) is 0 Å². The molecule has 0 bridgehead atoms. The third kappa shape index (κ3) is 1.38. The molecule has 0 radical (unpaired) electrons. The van der Waals surface area contributed by atoms with Gasteiger partial charge in [-0.25, -0.2) is 4.39 Å².